The number of hydrogen-bond donors (Lipinski definition) is 1. The first-order valence-corrected chi connectivity index (χ1v) is 6.25. The van der Waals surface area contributed by atoms with Crippen molar-refractivity contribution >= 4 is 0 Å². The molecular weight excluding hydrogens is 196 g/mol. The zero-order valence-corrected chi connectivity index (χ0v) is 10.7. The fraction of sp³-hybridized carbons (Fsp3) is 0.600. The van der Waals surface area contributed by atoms with Gasteiger partial charge in [-0.25, -0.2) is 0 Å². The van der Waals surface area contributed by atoms with Crippen molar-refractivity contribution in [1.29, 1.82) is 0 Å². The molecule has 1 N–H and O–H groups in total. The van der Waals surface area contributed by atoms with Gasteiger partial charge in [-0.05, 0) is 42.2 Å². The van der Waals surface area contributed by atoms with E-state index < -0.39 is 5.60 Å². The van der Waals surface area contributed by atoms with Gasteiger partial charge in [-0.2, -0.15) is 0 Å². The molecule has 0 aliphatic heterocycles. The van der Waals surface area contributed by atoms with E-state index >= 15 is 0 Å². The highest BCUT2D eigenvalue weighted by molar-refractivity contribution is 5.35. The van der Waals surface area contributed by atoms with E-state index in [1.54, 1.807) is 0 Å². The lowest BCUT2D eigenvalue weighted by atomic mass is 9.64. The van der Waals surface area contributed by atoms with E-state index in [0.717, 1.165) is 12.0 Å². The first-order valence-electron chi connectivity index (χ1n) is 6.25. The van der Waals surface area contributed by atoms with Crippen molar-refractivity contribution in [3.63, 3.8) is 0 Å². The van der Waals surface area contributed by atoms with Gasteiger partial charge in [0.2, 0.25) is 0 Å². The normalized spacial score (nSPS) is 33.9. The third kappa shape index (κ3) is 1.67. The van der Waals surface area contributed by atoms with Crippen LogP contribution in [-0.2, 0) is 12.0 Å². The maximum atomic E-state index is 10.7. The van der Waals surface area contributed by atoms with Crippen LogP contribution in [0.15, 0.2) is 24.3 Å². The molecule has 0 bridgehead atoms. The summed E-state index contributed by atoms with van der Waals surface area (Å²) in [4.78, 5) is 0. The van der Waals surface area contributed by atoms with Gasteiger partial charge in [0.05, 0.1) is 5.60 Å². The van der Waals surface area contributed by atoms with Crippen molar-refractivity contribution in [3.05, 3.63) is 35.4 Å². The maximum absolute atomic E-state index is 10.7. The van der Waals surface area contributed by atoms with E-state index in [0.29, 0.717) is 17.8 Å². The summed E-state index contributed by atoms with van der Waals surface area (Å²) in [7, 11) is 0. The highest BCUT2D eigenvalue weighted by atomic mass is 16.3. The average Bonchev–Trinajstić information content (AvgIpc) is 2.23. The molecule has 0 saturated heterocycles. The molecule has 88 valence electrons. The minimum absolute atomic E-state index is 0.322. The quantitative estimate of drug-likeness (QED) is 0.766. The number of aliphatic hydroxyl groups is 1. The zero-order chi connectivity index (χ0) is 11.9. The summed E-state index contributed by atoms with van der Waals surface area (Å²) in [5.41, 5.74) is 1.77. The molecule has 1 aliphatic rings. The molecule has 2 rings (SSSR count). The van der Waals surface area contributed by atoms with Crippen molar-refractivity contribution < 1.29 is 5.11 Å². The Balaban J connectivity index is 2.48. The van der Waals surface area contributed by atoms with E-state index in [9.17, 15) is 5.11 Å². The fourth-order valence-corrected chi connectivity index (χ4v) is 3.10. The Kier molecular flexibility index (Phi) is 2.83. The van der Waals surface area contributed by atoms with E-state index in [2.05, 4.69) is 39.0 Å². The van der Waals surface area contributed by atoms with Crippen LogP contribution in [0.5, 0.6) is 0 Å². The Hall–Kier alpha value is -0.820. The number of hydrogen-bond acceptors (Lipinski definition) is 1. The molecular formula is C15H22O. The van der Waals surface area contributed by atoms with Crippen LogP contribution in [-0.4, -0.2) is 5.11 Å². The van der Waals surface area contributed by atoms with Gasteiger partial charge in [0.1, 0.15) is 0 Å². The van der Waals surface area contributed by atoms with Crippen LogP contribution in [0.25, 0.3) is 0 Å². The van der Waals surface area contributed by atoms with Crippen molar-refractivity contribution in [2.75, 3.05) is 0 Å². The second-order valence-corrected chi connectivity index (χ2v) is 5.71. The molecule has 1 aliphatic carbocycles. The molecule has 0 saturated carbocycles. The maximum Gasteiger partial charge on any atom is 0.0899 e. The molecule has 1 aromatic carbocycles. The predicted molar refractivity (Wildman–Crippen MR) is 67.2 cm³/mol. The second-order valence-electron chi connectivity index (χ2n) is 5.71. The average molecular weight is 218 g/mol. The van der Waals surface area contributed by atoms with Crippen molar-refractivity contribution in [3.8, 4) is 0 Å². The molecule has 1 nitrogen and oxygen atoms in total. The van der Waals surface area contributed by atoms with Crippen LogP contribution >= 0.6 is 0 Å². The summed E-state index contributed by atoms with van der Waals surface area (Å²) >= 11 is 0. The van der Waals surface area contributed by atoms with E-state index in [1.165, 1.54) is 5.56 Å². The highest BCUT2D eigenvalue weighted by Gasteiger charge is 2.42. The predicted octanol–water partition coefficient (Wildman–Crippen LogP) is 3.36. The SMILES string of the molecule is CC(C)C1Cc2ccccc2C(C)(O)C1C. The van der Waals surface area contributed by atoms with Crippen LogP contribution in [0, 0.1) is 17.8 Å². The Bertz CT molecular complexity index is 379. The molecule has 16 heavy (non-hydrogen) atoms. The highest BCUT2D eigenvalue weighted by Crippen LogP contribution is 2.44. The fourth-order valence-electron chi connectivity index (χ4n) is 3.10. The van der Waals surface area contributed by atoms with Crippen LogP contribution in [0.1, 0.15) is 38.8 Å². The van der Waals surface area contributed by atoms with E-state index in [-0.39, 0.29) is 0 Å². The topological polar surface area (TPSA) is 20.2 Å². The molecule has 0 heterocycles. The van der Waals surface area contributed by atoms with Gasteiger partial charge >= 0.3 is 0 Å². The van der Waals surface area contributed by atoms with Crippen molar-refractivity contribution in [2.45, 2.75) is 39.7 Å². The molecule has 0 spiro atoms. The largest absolute Gasteiger partial charge is 0.385 e. The molecule has 1 aromatic rings. The molecule has 3 atom stereocenters. The van der Waals surface area contributed by atoms with Crippen LogP contribution in [0.3, 0.4) is 0 Å². The number of benzene rings is 1. The van der Waals surface area contributed by atoms with Gasteiger partial charge in [-0.1, -0.05) is 45.0 Å². The molecule has 0 fully saturated rings. The Labute approximate surface area is 98.5 Å². The molecule has 0 aromatic heterocycles. The van der Waals surface area contributed by atoms with E-state index in [4.69, 9.17) is 0 Å². The van der Waals surface area contributed by atoms with E-state index in [1.807, 2.05) is 13.0 Å². The zero-order valence-electron chi connectivity index (χ0n) is 10.7. The Morgan fingerprint density at radius 1 is 1.31 bits per heavy atom. The van der Waals surface area contributed by atoms with Gasteiger partial charge in [-0.15, -0.1) is 0 Å². The third-order valence-electron chi connectivity index (χ3n) is 4.40. The lowest BCUT2D eigenvalue weighted by molar-refractivity contribution is -0.0437. The van der Waals surface area contributed by atoms with Gasteiger partial charge in [0.15, 0.2) is 0 Å². The summed E-state index contributed by atoms with van der Waals surface area (Å²) in [6.07, 6.45) is 1.10. The summed E-state index contributed by atoms with van der Waals surface area (Å²) in [5.74, 6) is 1.52. The first kappa shape index (κ1) is 11.7. The van der Waals surface area contributed by atoms with Gasteiger partial charge in [0.25, 0.3) is 0 Å². The molecule has 3 unspecified atom stereocenters. The van der Waals surface area contributed by atoms with Crippen LogP contribution < -0.4 is 0 Å². The smallest absolute Gasteiger partial charge is 0.0899 e. The minimum Gasteiger partial charge on any atom is -0.385 e. The van der Waals surface area contributed by atoms with Gasteiger partial charge in [-0.3, -0.25) is 0 Å². The number of fused-ring (bicyclic) bond motifs is 1. The molecule has 0 amide bonds. The Morgan fingerprint density at radius 3 is 2.56 bits per heavy atom. The lowest BCUT2D eigenvalue weighted by Gasteiger charge is -2.44. The summed E-state index contributed by atoms with van der Waals surface area (Å²) in [6.45, 7) is 8.65. The Morgan fingerprint density at radius 2 is 1.94 bits per heavy atom. The summed E-state index contributed by atoms with van der Waals surface area (Å²) < 4.78 is 0. The monoisotopic (exact) mass is 218 g/mol. The van der Waals surface area contributed by atoms with Crippen LogP contribution in [0.2, 0.25) is 0 Å². The molecule has 1 heteroatoms. The van der Waals surface area contributed by atoms with Gasteiger partial charge in [0, 0.05) is 0 Å². The molecule has 0 radical (unpaired) electrons. The van der Waals surface area contributed by atoms with Gasteiger partial charge < -0.3 is 5.11 Å². The first-order chi connectivity index (χ1) is 7.44. The van der Waals surface area contributed by atoms with Crippen LogP contribution in [0.4, 0.5) is 0 Å². The standard InChI is InChI=1S/C15H22O/c1-10(2)13-9-12-7-5-6-8-14(12)15(4,16)11(13)3/h5-8,10-11,13,16H,9H2,1-4H3. The second kappa shape index (κ2) is 3.89. The summed E-state index contributed by atoms with van der Waals surface area (Å²) in [6, 6.07) is 8.32. The van der Waals surface area contributed by atoms with Crippen molar-refractivity contribution in [2.24, 2.45) is 17.8 Å². The summed E-state index contributed by atoms with van der Waals surface area (Å²) in [5, 5.41) is 10.7. The number of rotatable bonds is 1. The minimum atomic E-state index is -0.677. The lowest BCUT2D eigenvalue weighted by Crippen LogP contribution is -2.42. The third-order valence-corrected chi connectivity index (χ3v) is 4.40. The van der Waals surface area contributed by atoms with Crippen molar-refractivity contribution in [1.82, 2.24) is 0 Å².